The van der Waals surface area contributed by atoms with E-state index in [1.165, 1.54) is 24.4 Å². The van der Waals surface area contributed by atoms with Crippen LogP contribution in [0, 0.1) is 0 Å². The van der Waals surface area contributed by atoms with Crippen molar-refractivity contribution >= 4 is 51.5 Å². The van der Waals surface area contributed by atoms with Gasteiger partial charge in [-0.15, -0.1) is 5.10 Å². The molecule has 0 saturated carbocycles. The number of sulfonamides is 1. The van der Waals surface area contributed by atoms with Gasteiger partial charge in [-0.05, 0) is 37.3 Å². The van der Waals surface area contributed by atoms with E-state index < -0.39 is 15.9 Å². The number of ether oxygens (including phenoxy) is 1. The monoisotopic (exact) mass is 495 g/mol. The maximum Gasteiger partial charge on any atom is 0.322 e. The van der Waals surface area contributed by atoms with Gasteiger partial charge in [-0.1, -0.05) is 41.3 Å². The van der Waals surface area contributed by atoms with Gasteiger partial charge in [-0.25, -0.2) is 0 Å². The predicted octanol–water partition coefficient (Wildman–Crippen LogP) is 4.53. The highest BCUT2D eigenvalue weighted by Crippen LogP contribution is 2.27. The molecule has 0 unspecified atom stereocenters. The van der Waals surface area contributed by atoms with Gasteiger partial charge in [0.05, 0.1) is 20.9 Å². The summed E-state index contributed by atoms with van der Waals surface area (Å²) in [6.45, 7) is 4.09. The van der Waals surface area contributed by atoms with Crippen LogP contribution >= 0.6 is 23.2 Å². The Morgan fingerprint density at radius 3 is 2.66 bits per heavy atom. The van der Waals surface area contributed by atoms with Crippen molar-refractivity contribution in [3.63, 3.8) is 0 Å². The van der Waals surface area contributed by atoms with E-state index >= 15 is 0 Å². The molecule has 0 radical (unpaired) electrons. The fraction of sp³-hybridized carbons (Fsp3) is 0.200. The minimum absolute atomic E-state index is 0.0693. The third-order valence-electron chi connectivity index (χ3n) is 4.35. The number of aromatic nitrogens is 3. The third-order valence-corrected chi connectivity index (χ3v) is 6.34. The lowest BCUT2D eigenvalue weighted by Gasteiger charge is -2.11. The molecule has 168 valence electrons. The Bertz CT molecular complexity index is 1260. The minimum atomic E-state index is -3.97. The number of nitrogens with zero attached hydrogens (tertiary/aromatic N) is 4. The van der Waals surface area contributed by atoms with Crippen LogP contribution < -0.4 is 10.1 Å². The number of benzene rings is 2. The van der Waals surface area contributed by atoms with E-state index in [9.17, 15) is 13.2 Å². The quantitative estimate of drug-likeness (QED) is 0.344. The number of amides is 1. The highest BCUT2D eigenvalue weighted by Gasteiger charge is 2.19. The second-order valence-corrected chi connectivity index (χ2v) is 9.02. The second-order valence-electron chi connectivity index (χ2n) is 6.57. The predicted molar refractivity (Wildman–Crippen MR) is 122 cm³/mol. The molecule has 0 fully saturated rings. The largest absolute Gasteiger partial charge is 0.424 e. The normalized spacial score (nSPS) is 12.6. The van der Waals surface area contributed by atoms with Gasteiger partial charge in [-0.3, -0.25) is 9.36 Å². The summed E-state index contributed by atoms with van der Waals surface area (Å²) in [6, 6.07) is 11.0. The summed E-state index contributed by atoms with van der Waals surface area (Å²) in [5.74, 6) is 0.437. The van der Waals surface area contributed by atoms with Crippen LogP contribution in [0.5, 0.6) is 11.8 Å². The van der Waals surface area contributed by atoms with Gasteiger partial charge < -0.3 is 10.1 Å². The summed E-state index contributed by atoms with van der Waals surface area (Å²) < 4.78 is 36.3. The molecule has 1 N–H and O–H groups in total. The molecule has 1 amide bonds. The first kappa shape index (κ1) is 23.7. The maximum atomic E-state index is 12.5. The molecular formula is C20H19Cl2N5O4S. The first-order valence-corrected chi connectivity index (χ1v) is 11.6. The number of hydrogen-bond donors (Lipinski definition) is 1. The smallest absolute Gasteiger partial charge is 0.322 e. The number of carbonyl (C=O) groups is 1. The highest BCUT2D eigenvalue weighted by molar-refractivity contribution is 7.90. The lowest BCUT2D eigenvalue weighted by atomic mass is 10.2. The molecular weight excluding hydrogens is 477 g/mol. The summed E-state index contributed by atoms with van der Waals surface area (Å²) in [4.78, 5) is 10.6. The van der Waals surface area contributed by atoms with Crippen molar-refractivity contribution in [2.75, 3.05) is 5.32 Å². The fourth-order valence-electron chi connectivity index (χ4n) is 2.77. The minimum Gasteiger partial charge on any atom is -0.424 e. The van der Waals surface area contributed by atoms with E-state index in [0.717, 1.165) is 0 Å². The molecule has 0 saturated heterocycles. The Labute approximate surface area is 195 Å². The molecule has 1 aromatic heterocycles. The topological polar surface area (TPSA) is 116 Å². The Morgan fingerprint density at radius 2 is 1.97 bits per heavy atom. The first-order valence-electron chi connectivity index (χ1n) is 9.42. The molecule has 1 atom stereocenters. The molecule has 3 rings (SSSR count). The van der Waals surface area contributed by atoms with E-state index in [0.29, 0.717) is 30.2 Å². The molecule has 0 aliphatic carbocycles. The Hall–Kier alpha value is -2.95. The number of anilines is 1. The summed E-state index contributed by atoms with van der Waals surface area (Å²) in [5, 5.41) is 11.1. The van der Waals surface area contributed by atoms with Crippen LogP contribution in [0.25, 0.3) is 0 Å². The van der Waals surface area contributed by atoms with Gasteiger partial charge in [0.15, 0.2) is 0 Å². The first-order chi connectivity index (χ1) is 15.2. The van der Waals surface area contributed by atoms with Crippen LogP contribution in [0.3, 0.4) is 0 Å². The number of halogens is 2. The van der Waals surface area contributed by atoms with Crippen LogP contribution in [-0.4, -0.2) is 35.8 Å². The number of hydrogen-bond acceptors (Lipinski definition) is 6. The molecule has 12 heteroatoms. The zero-order chi connectivity index (χ0) is 23.3. The molecule has 0 aliphatic heterocycles. The Kier molecular flexibility index (Phi) is 7.49. The maximum absolute atomic E-state index is 12.5. The van der Waals surface area contributed by atoms with Gasteiger partial charge in [0.2, 0.25) is 6.41 Å². The lowest BCUT2D eigenvalue weighted by Crippen LogP contribution is -2.09. The van der Waals surface area contributed by atoms with E-state index in [-0.39, 0.29) is 21.0 Å². The summed E-state index contributed by atoms with van der Waals surface area (Å²) in [5.41, 5.74) is 0.563. The molecule has 9 nitrogen and oxygen atoms in total. The van der Waals surface area contributed by atoms with Crippen molar-refractivity contribution in [3.8, 4) is 11.8 Å². The molecule has 0 aliphatic rings. The zero-order valence-corrected chi connectivity index (χ0v) is 19.4. The molecule has 2 aromatic carbocycles. The van der Waals surface area contributed by atoms with E-state index in [1.807, 2.05) is 6.92 Å². The molecule has 3 aromatic rings. The Morgan fingerprint density at radius 1 is 1.19 bits per heavy atom. The number of nitrogens with one attached hydrogen (secondary N) is 1. The van der Waals surface area contributed by atoms with Crippen LogP contribution in [0.15, 0.2) is 51.8 Å². The number of rotatable bonds is 9. The van der Waals surface area contributed by atoms with E-state index in [4.69, 9.17) is 27.9 Å². The third kappa shape index (κ3) is 5.45. The second kappa shape index (κ2) is 10.1. The zero-order valence-electron chi connectivity index (χ0n) is 17.1. The van der Waals surface area contributed by atoms with Crippen LogP contribution in [-0.2, 0) is 21.4 Å². The van der Waals surface area contributed by atoms with Crippen molar-refractivity contribution in [3.05, 3.63) is 58.3 Å². The van der Waals surface area contributed by atoms with Crippen LogP contribution in [0.1, 0.15) is 25.6 Å². The van der Waals surface area contributed by atoms with Gasteiger partial charge in [0.1, 0.15) is 11.6 Å². The van der Waals surface area contributed by atoms with Crippen molar-refractivity contribution in [1.29, 1.82) is 0 Å². The summed E-state index contributed by atoms with van der Waals surface area (Å²) in [7, 11) is -3.97. The van der Waals surface area contributed by atoms with Gasteiger partial charge in [0.25, 0.3) is 10.0 Å². The highest BCUT2D eigenvalue weighted by atomic mass is 35.5. The standard InChI is InChI=1S/C20H19Cl2N5O4S/c1-3-27-19(25-26-20(27)31-15-6-4-5-14(9-15)23-12-28)13(2)11-24-32(29,30)16-7-8-17(21)18(22)10-16/h4-13H,3H2,1-2H3,(H,23,28)/b24-11+/t13-/m0/s1. The van der Waals surface area contributed by atoms with Crippen LogP contribution in [0.2, 0.25) is 10.0 Å². The molecule has 0 spiro atoms. The van der Waals surface area contributed by atoms with Crippen molar-refractivity contribution in [2.24, 2.45) is 4.40 Å². The molecule has 0 bridgehead atoms. The summed E-state index contributed by atoms with van der Waals surface area (Å²) >= 11 is 11.8. The average molecular weight is 496 g/mol. The van der Waals surface area contributed by atoms with E-state index in [2.05, 4.69) is 19.9 Å². The Balaban J connectivity index is 1.82. The number of carbonyl (C=O) groups excluding carboxylic acids is 1. The van der Waals surface area contributed by atoms with Crippen LogP contribution in [0.4, 0.5) is 5.69 Å². The van der Waals surface area contributed by atoms with E-state index in [1.54, 1.807) is 35.8 Å². The van der Waals surface area contributed by atoms with Crippen molar-refractivity contribution < 1.29 is 17.9 Å². The van der Waals surface area contributed by atoms with Gasteiger partial charge in [0, 0.05) is 24.5 Å². The lowest BCUT2D eigenvalue weighted by molar-refractivity contribution is -0.105. The SMILES string of the molecule is CCn1c(Oc2cccc(NC=O)c2)nnc1[C@@H](C)/C=N/S(=O)(=O)c1ccc(Cl)c(Cl)c1. The molecule has 1 heterocycles. The van der Waals surface area contributed by atoms with Crippen molar-refractivity contribution in [2.45, 2.75) is 31.2 Å². The van der Waals surface area contributed by atoms with Gasteiger partial charge in [-0.2, -0.15) is 12.8 Å². The summed E-state index contributed by atoms with van der Waals surface area (Å²) in [6.07, 6.45) is 1.84. The fourth-order valence-corrected chi connectivity index (χ4v) is 4.10. The molecule has 32 heavy (non-hydrogen) atoms. The average Bonchev–Trinajstić information content (AvgIpc) is 3.17. The van der Waals surface area contributed by atoms with Gasteiger partial charge >= 0.3 is 6.01 Å². The van der Waals surface area contributed by atoms with Crippen molar-refractivity contribution in [1.82, 2.24) is 14.8 Å².